The number of carboxylic acid groups (broad SMARTS) is 1. The minimum Gasteiger partial charge on any atom is -0.480 e. The van der Waals surface area contributed by atoms with E-state index in [9.17, 15) is 19.1 Å². The zero-order chi connectivity index (χ0) is 16.7. The molecule has 1 aromatic rings. The van der Waals surface area contributed by atoms with Crippen molar-refractivity contribution in [3.8, 4) is 0 Å². The van der Waals surface area contributed by atoms with Crippen molar-refractivity contribution in [2.75, 3.05) is 0 Å². The number of halogens is 1. The van der Waals surface area contributed by atoms with Gasteiger partial charge in [0.05, 0.1) is 0 Å². The largest absolute Gasteiger partial charge is 0.480 e. The molecule has 0 aliphatic rings. The summed E-state index contributed by atoms with van der Waals surface area (Å²) in [4.78, 5) is 23.3. The first-order chi connectivity index (χ1) is 10.3. The molecular weight excluding hydrogens is 285 g/mol. The summed E-state index contributed by atoms with van der Waals surface area (Å²) in [5.74, 6) is -2.03. The molecular formula is C17H24FNO3. The Balaban J connectivity index is 2.55. The number of hydrogen-bond donors (Lipinski definition) is 2. The number of rotatable bonds is 8. The van der Waals surface area contributed by atoms with E-state index in [1.54, 1.807) is 19.9 Å². The average molecular weight is 309 g/mol. The Morgan fingerprint density at radius 3 is 2.55 bits per heavy atom. The van der Waals surface area contributed by atoms with Crippen LogP contribution in [0.25, 0.3) is 0 Å². The molecule has 4 nitrogen and oxygen atoms in total. The summed E-state index contributed by atoms with van der Waals surface area (Å²) >= 11 is 0. The highest BCUT2D eigenvalue weighted by Crippen LogP contribution is 2.13. The predicted molar refractivity (Wildman–Crippen MR) is 82.9 cm³/mol. The number of amides is 1. The smallest absolute Gasteiger partial charge is 0.326 e. The summed E-state index contributed by atoms with van der Waals surface area (Å²) in [6.45, 7) is 5.45. The maximum Gasteiger partial charge on any atom is 0.326 e. The molecule has 5 heteroatoms. The van der Waals surface area contributed by atoms with Gasteiger partial charge in [-0.25, -0.2) is 9.18 Å². The normalized spacial score (nSPS) is 14.9. The number of carboxylic acids is 1. The standard InChI is InChI=1S/C17H24FNO3/c1-4-11(2)15(17(21)22)19-16(20)12(3)8-9-13-6-5-7-14(18)10-13/h5-7,10-12,15H,4,8-9H2,1-3H3,(H,19,20)(H,21,22)/t11-,12?,15-/m0/s1. The second kappa shape index (κ2) is 8.51. The molecule has 1 unspecified atom stereocenters. The van der Waals surface area contributed by atoms with Crippen molar-refractivity contribution in [1.29, 1.82) is 0 Å². The lowest BCUT2D eigenvalue weighted by atomic mass is 9.96. The van der Waals surface area contributed by atoms with Crippen LogP contribution in [-0.4, -0.2) is 23.0 Å². The van der Waals surface area contributed by atoms with E-state index in [0.717, 1.165) is 5.56 Å². The van der Waals surface area contributed by atoms with E-state index in [1.165, 1.54) is 12.1 Å². The molecule has 3 atom stereocenters. The fraction of sp³-hybridized carbons (Fsp3) is 0.529. The van der Waals surface area contributed by atoms with Gasteiger partial charge in [0.15, 0.2) is 0 Å². The van der Waals surface area contributed by atoms with Crippen molar-refractivity contribution >= 4 is 11.9 Å². The second-order valence-corrected chi connectivity index (χ2v) is 5.78. The molecule has 0 aliphatic heterocycles. The van der Waals surface area contributed by atoms with Crippen molar-refractivity contribution in [1.82, 2.24) is 5.32 Å². The molecule has 1 aromatic carbocycles. The van der Waals surface area contributed by atoms with Gasteiger partial charge >= 0.3 is 5.97 Å². The van der Waals surface area contributed by atoms with E-state index in [2.05, 4.69) is 5.32 Å². The number of aliphatic carboxylic acids is 1. The van der Waals surface area contributed by atoms with Gasteiger partial charge in [0.1, 0.15) is 11.9 Å². The topological polar surface area (TPSA) is 66.4 Å². The first-order valence-corrected chi connectivity index (χ1v) is 7.62. The third-order valence-corrected chi connectivity index (χ3v) is 3.98. The third kappa shape index (κ3) is 5.47. The van der Waals surface area contributed by atoms with Crippen LogP contribution in [0.5, 0.6) is 0 Å². The summed E-state index contributed by atoms with van der Waals surface area (Å²) in [7, 11) is 0. The van der Waals surface area contributed by atoms with E-state index < -0.39 is 12.0 Å². The Labute approximate surface area is 130 Å². The highest BCUT2D eigenvalue weighted by atomic mass is 19.1. The quantitative estimate of drug-likeness (QED) is 0.776. The van der Waals surface area contributed by atoms with Crippen molar-refractivity contribution in [3.05, 3.63) is 35.6 Å². The zero-order valence-corrected chi connectivity index (χ0v) is 13.3. The summed E-state index contributed by atoms with van der Waals surface area (Å²) in [5, 5.41) is 11.8. The van der Waals surface area contributed by atoms with E-state index in [4.69, 9.17) is 0 Å². The number of aryl methyl sites for hydroxylation is 1. The maximum absolute atomic E-state index is 13.1. The Hall–Kier alpha value is -1.91. The van der Waals surface area contributed by atoms with Crippen LogP contribution in [0.15, 0.2) is 24.3 Å². The third-order valence-electron chi connectivity index (χ3n) is 3.98. The minimum atomic E-state index is -1.01. The van der Waals surface area contributed by atoms with Crippen molar-refractivity contribution < 1.29 is 19.1 Å². The van der Waals surface area contributed by atoms with Gasteiger partial charge in [0, 0.05) is 5.92 Å². The molecule has 1 rings (SSSR count). The monoisotopic (exact) mass is 309 g/mol. The highest BCUT2D eigenvalue weighted by molar-refractivity contribution is 5.84. The number of hydrogen-bond acceptors (Lipinski definition) is 2. The van der Waals surface area contributed by atoms with Crippen molar-refractivity contribution in [3.63, 3.8) is 0 Å². The van der Waals surface area contributed by atoms with Crippen molar-refractivity contribution in [2.24, 2.45) is 11.8 Å². The molecule has 0 aromatic heterocycles. The summed E-state index contributed by atoms with van der Waals surface area (Å²) < 4.78 is 13.1. The Morgan fingerprint density at radius 2 is 2.00 bits per heavy atom. The molecule has 1 amide bonds. The van der Waals surface area contributed by atoms with Crippen LogP contribution >= 0.6 is 0 Å². The predicted octanol–water partition coefficient (Wildman–Crippen LogP) is 3.01. The SMILES string of the molecule is CC[C@H](C)[C@H](NC(=O)C(C)CCc1cccc(F)c1)C(=O)O. The fourth-order valence-electron chi connectivity index (χ4n) is 2.19. The number of benzene rings is 1. The van der Waals surface area contributed by atoms with Gasteiger partial charge in [-0.3, -0.25) is 4.79 Å². The minimum absolute atomic E-state index is 0.128. The van der Waals surface area contributed by atoms with Crippen molar-refractivity contribution in [2.45, 2.75) is 46.1 Å². The van der Waals surface area contributed by atoms with Crippen LogP contribution in [0.3, 0.4) is 0 Å². The van der Waals surface area contributed by atoms with Gasteiger partial charge in [-0.2, -0.15) is 0 Å². The first kappa shape index (κ1) is 18.1. The number of carbonyl (C=O) groups is 2. The molecule has 0 radical (unpaired) electrons. The molecule has 22 heavy (non-hydrogen) atoms. The van der Waals surface area contributed by atoms with Gasteiger partial charge in [0.2, 0.25) is 5.91 Å². The lowest BCUT2D eigenvalue weighted by molar-refractivity contribution is -0.144. The van der Waals surface area contributed by atoms with Gasteiger partial charge < -0.3 is 10.4 Å². The maximum atomic E-state index is 13.1. The average Bonchev–Trinajstić information content (AvgIpc) is 2.48. The fourth-order valence-corrected chi connectivity index (χ4v) is 2.19. The molecule has 2 N–H and O–H groups in total. The molecule has 0 spiro atoms. The summed E-state index contributed by atoms with van der Waals surface area (Å²) in [6.07, 6.45) is 1.80. The zero-order valence-electron chi connectivity index (χ0n) is 13.3. The Kier molecular flexibility index (Phi) is 7.02. The van der Waals surface area contributed by atoms with Crippen LogP contribution in [0.2, 0.25) is 0 Å². The molecule has 0 aliphatic carbocycles. The lowest BCUT2D eigenvalue weighted by Crippen LogP contribution is -2.46. The summed E-state index contributed by atoms with van der Waals surface area (Å²) in [5.41, 5.74) is 0.830. The molecule has 0 bridgehead atoms. The Bertz CT molecular complexity index is 518. The molecule has 0 saturated heterocycles. The van der Waals surface area contributed by atoms with E-state index in [1.807, 2.05) is 13.0 Å². The van der Waals surface area contributed by atoms with Gasteiger partial charge in [-0.05, 0) is 36.5 Å². The molecule has 0 fully saturated rings. The van der Waals surface area contributed by atoms with Crippen LogP contribution in [0, 0.1) is 17.7 Å². The number of nitrogens with one attached hydrogen (secondary N) is 1. The van der Waals surface area contributed by atoms with Crippen LogP contribution in [0.1, 0.15) is 39.2 Å². The van der Waals surface area contributed by atoms with Gasteiger partial charge in [0.25, 0.3) is 0 Å². The van der Waals surface area contributed by atoms with Crippen LogP contribution < -0.4 is 5.32 Å². The molecule has 122 valence electrons. The van der Waals surface area contributed by atoms with E-state index in [-0.39, 0.29) is 23.6 Å². The molecule has 0 heterocycles. The van der Waals surface area contributed by atoms with E-state index >= 15 is 0 Å². The van der Waals surface area contributed by atoms with Crippen LogP contribution in [0.4, 0.5) is 4.39 Å². The van der Waals surface area contributed by atoms with E-state index in [0.29, 0.717) is 19.3 Å². The van der Waals surface area contributed by atoms with Crippen LogP contribution in [-0.2, 0) is 16.0 Å². The highest BCUT2D eigenvalue weighted by Gasteiger charge is 2.27. The Morgan fingerprint density at radius 1 is 1.32 bits per heavy atom. The molecule has 0 saturated carbocycles. The van der Waals surface area contributed by atoms with Gasteiger partial charge in [-0.1, -0.05) is 39.3 Å². The van der Waals surface area contributed by atoms with Gasteiger partial charge in [-0.15, -0.1) is 0 Å². The number of carbonyl (C=O) groups excluding carboxylic acids is 1. The second-order valence-electron chi connectivity index (χ2n) is 5.78. The summed E-state index contributed by atoms with van der Waals surface area (Å²) in [6, 6.07) is 5.41. The first-order valence-electron chi connectivity index (χ1n) is 7.62. The lowest BCUT2D eigenvalue weighted by Gasteiger charge is -2.22.